The van der Waals surface area contributed by atoms with Crippen molar-refractivity contribution in [3.05, 3.63) is 35.9 Å². The molecule has 0 aliphatic carbocycles. The van der Waals surface area contributed by atoms with Gasteiger partial charge in [-0.05, 0) is 32.8 Å². The van der Waals surface area contributed by atoms with Gasteiger partial charge in [0.15, 0.2) is 0 Å². The molecule has 1 saturated heterocycles. The maximum absolute atomic E-state index is 12.2. The van der Waals surface area contributed by atoms with Gasteiger partial charge >= 0.3 is 6.09 Å². The number of nitrogens with two attached hydrogens (primary N) is 1. The average Bonchev–Trinajstić information content (AvgIpc) is 2.82. The molecule has 1 aromatic rings. The second-order valence-corrected chi connectivity index (χ2v) is 6.33. The van der Waals surface area contributed by atoms with E-state index in [9.17, 15) is 9.59 Å². The van der Waals surface area contributed by atoms with E-state index < -0.39 is 23.6 Å². The van der Waals surface area contributed by atoms with Crippen LogP contribution in [0.15, 0.2) is 30.3 Å². The first kappa shape index (κ1) is 15.4. The third-order valence-corrected chi connectivity index (χ3v) is 3.55. The number of rotatable bonds is 2. The van der Waals surface area contributed by atoms with Crippen molar-refractivity contribution in [2.45, 2.75) is 44.8 Å². The maximum atomic E-state index is 12.2. The Morgan fingerprint density at radius 1 is 1.24 bits per heavy atom. The van der Waals surface area contributed by atoms with Gasteiger partial charge in [0, 0.05) is 12.5 Å². The van der Waals surface area contributed by atoms with E-state index in [4.69, 9.17) is 10.5 Å². The lowest BCUT2D eigenvalue weighted by atomic mass is 9.91. The monoisotopic (exact) mass is 290 g/mol. The van der Waals surface area contributed by atoms with Crippen LogP contribution in [-0.2, 0) is 9.53 Å². The Bertz CT molecular complexity index is 522. The molecule has 1 heterocycles. The normalized spacial score (nSPS) is 22.1. The molecule has 1 fully saturated rings. The highest BCUT2D eigenvalue weighted by atomic mass is 16.6. The fraction of sp³-hybridized carbons (Fsp3) is 0.500. The molecule has 2 N–H and O–H groups in total. The summed E-state index contributed by atoms with van der Waals surface area (Å²) in [5.41, 5.74) is 5.96. The van der Waals surface area contributed by atoms with E-state index in [1.165, 1.54) is 4.90 Å². The van der Waals surface area contributed by atoms with Crippen LogP contribution in [0.4, 0.5) is 4.79 Å². The van der Waals surface area contributed by atoms with E-state index in [1.807, 2.05) is 30.3 Å². The summed E-state index contributed by atoms with van der Waals surface area (Å²) in [6.45, 7) is 5.88. The Hall–Kier alpha value is -2.04. The van der Waals surface area contributed by atoms with Gasteiger partial charge in [-0.2, -0.15) is 0 Å². The number of hydrogen-bond acceptors (Lipinski definition) is 3. The summed E-state index contributed by atoms with van der Waals surface area (Å²) in [5, 5.41) is 0. The predicted molar refractivity (Wildman–Crippen MR) is 79.7 cm³/mol. The molecule has 1 aliphatic heterocycles. The van der Waals surface area contributed by atoms with E-state index in [0.717, 1.165) is 5.56 Å². The van der Waals surface area contributed by atoms with Crippen LogP contribution in [-0.4, -0.2) is 35.1 Å². The quantitative estimate of drug-likeness (QED) is 0.908. The maximum Gasteiger partial charge on any atom is 0.410 e. The van der Waals surface area contributed by atoms with Gasteiger partial charge in [-0.1, -0.05) is 30.3 Å². The first-order valence-electron chi connectivity index (χ1n) is 7.13. The summed E-state index contributed by atoms with van der Waals surface area (Å²) in [5.74, 6) is -0.566. The second-order valence-electron chi connectivity index (χ2n) is 6.33. The highest BCUT2D eigenvalue weighted by Gasteiger charge is 2.42. The van der Waals surface area contributed by atoms with Crippen molar-refractivity contribution in [1.29, 1.82) is 0 Å². The largest absolute Gasteiger partial charge is 0.444 e. The molecule has 2 rings (SSSR count). The van der Waals surface area contributed by atoms with Crippen LogP contribution in [0.3, 0.4) is 0 Å². The van der Waals surface area contributed by atoms with Crippen molar-refractivity contribution in [3.8, 4) is 0 Å². The van der Waals surface area contributed by atoms with Crippen molar-refractivity contribution in [2.75, 3.05) is 6.54 Å². The number of benzene rings is 1. The summed E-state index contributed by atoms with van der Waals surface area (Å²) < 4.78 is 5.37. The van der Waals surface area contributed by atoms with Gasteiger partial charge < -0.3 is 10.5 Å². The molecule has 0 aromatic heterocycles. The molecule has 2 atom stereocenters. The van der Waals surface area contributed by atoms with E-state index in [2.05, 4.69) is 0 Å². The highest BCUT2D eigenvalue weighted by Crippen LogP contribution is 2.34. The number of amides is 2. The number of carbonyl (C=O) groups is 2. The van der Waals surface area contributed by atoms with Crippen molar-refractivity contribution in [3.63, 3.8) is 0 Å². The lowest BCUT2D eigenvalue weighted by Crippen LogP contribution is -2.47. The molecular formula is C16H22N2O3. The van der Waals surface area contributed by atoms with Crippen LogP contribution < -0.4 is 5.73 Å². The molecule has 0 spiro atoms. The summed E-state index contributed by atoms with van der Waals surface area (Å²) >= 11 is 0. The SMILES string of the molecule is CC(C)(C)OC(=O)N1CC[C@@H](c2ccccc2)[C@H]1C(N)=O. The van der Waals surface area contributed by atoms with Crippen molar-refractivity contribution in [1.82, 2.24) is 4.90 Å². The fourth-order valence-electron chi connectivity index (χ4n) is 2.72. The molecule has 0 radical (unpaired) electrons. The van der Waals surface area contributed by atoms with Gasteiger partial charge in [-0.15, -0.1) is 0 Å². The second kappa shape index (κ2) is 5.76. The molecule has 5 heteroatoms. The summed E-state index contributed by atoms with van der Waals surface area (Å²) in [4.78, 5) is 25.5. The molecule has 2 amide bonds. The van der Waals surface area contributed by atoms with Gasteiger partial charge in [0.25, 0.3) is 0 Å². The molecule has 0 saturated carbocycles. The van der Waals surface area contributed by atoms with E-state index in [-0.39, 0.29) is 5.92 Å². The first-order chi connectivity index (χ1) is 9.79. The standard InChI is InChI=1S/C16H22N2O3/c1-16(2,3)21-15(20)18-10-9-12(13(18)14(17)19)11-7-5-4-6-8-11/h4-8,12-13H,9-10H2,1-3H3,(H2,17,19)/t12-,13-/m0/s1. The Kier molecular flexibility index (Phi) is 4.21. The van der Waals surface area contributed by atoms with Crippen LogP contribution in [0.5, 0.6) is 0 Å². The highest BCUT2D eigenvalue weighted by molar-refractivity contribution is 5.86. The Balaban J connectivity index is 2.22. The lowest BCUT2D eigenvalue weighted by Gasteiger charge is -2.29. The van der Waals surface area contributed by atoms with Crippen molar-refractivity contribution in [2.24, 2.45) is 5.73 Å². The number of carbonyl (C=O) groups excluding carboxylic acids is 2. The summed E-state index contributed by atoms with van der Waals surface area (Å²) in [6, 6.07) is 9.02. The van der Waals surface area contributed by atoms with Crippen LogP contribution in [0.25, 0.3) is 0 Å². The zero-order valence-electron chi connectivity index (χ0n) is 12.7. The van der Waals surface area contributed by atoms with Gasteiger partial charge in [0.05, 0.1) is 0 Å². The van der Waals surface area contributed by atoms with Gasteiger partial charge in [0.1, 0.15) is 11.6 Å². The number of hydrogen-bond donors (Lipinski definition) is 1. The van der Waals surface area contributed by atoms with E-state index in [0.29, 0.717) is 13.0 Å². The van der Waals surface area contributed by atoms with E-state index in [1.54, 1.807) is 20.8 Å². The van der Waals surface area contributed by atoms with Gasteiger partial charge in [-0.25, -0.2) is 4.79 Å². The topological polar surface area (TPSA) is 72.6 Å². The molecule has 0 unspecified atom stereocenters. The molecule has 0 bridgehead atoms. The molecule has 1 aliphatic rings. The van der Waals surface area contributed by atoms with Crippen molar-refractivity contribution >= 4 is 12.0 Å². The minimum atomic E-state index is -0.651. The van der Waals surface area contributed by atoms with Crippen LogP contribution in [0.1, 0.15) is 38.7 Å². The summed E-state index contributed by atoms with van der Waals surface area (Å²) in [6.07, 6.45) is 0.223. The number of nitrogens with zero attached hydrogens (tertiary/aromatic N) is 1. The zero-order chi connectivity index (χ0) is 15.6. The fourth-order valence-corrected chi connectivity index (χ4v) is 2.72. The lowest BCUT2D eigenvalue weighted by molar-refractivity contribution is -0.122. The minimum absolute atomic E-state index is 0.0729. The molecule has 114 valence electrons. The Morgan fingerprint density at radius 3 is 2.38 bits per heavy atom. The molecule has 1 aromatic carbocycles. The Morgan fingerprint density at radius 2 is 1.86 bits per heavy atom. The smallest absolute Gasteiger partial charge is 0.410 e. The zero-order valence-corrected chi connectivity index (χ0v) is 12.7. The number of likely N-dealkylation sites (tertiary alicyclic amines) is 1. The average molecular weight is 290 g/mol. The third-order valence-electron chi connectivity index (χ3n) is 3.55. The number of primary amides is 1. The van der Waals surface area contributed by atoms with Crippen LogP contribution in [0, 0.1) is 0 Å². The first-order valence-corrected chi connectivity index (χ1v) is 7.13. The summed E-state index contributed by atoms with van der Waals surface area (Å²) in [7, 11) is 0. The van der Waals surface area contributed by atoms with Crippen molar-refractivity contribution < 1.29 is 14.3 Å². The Labute approximate surface area is 125 Å². The van der Waals surface area contributed by atoms with Crippen LogP contribution in [0.2, 0.25) is 0 Å². The third kappa shape index (κ3) is 3.54. The molecule has 21 heavy (non-hydrogen) atoms. The predicted octanol–water partition coefficient (Wildman–Crippen LogP) is 2.26. The molecular weight excluding hydrogens is 268 g/mol. The molecule has 5 nitrogen and oxygen atoms in total. The van der Waals surface area contributed by atoms with Gasteiger partial charge in [-0.3, -0.25) is 9.69 Å². The van der Waals surface area contributed by atoms with Gasteiger partial charge in [0.2, 0.25) is 5.91 Å². The number of ether oxygens (including phenoxy) is 1. The minimum Gasteiger partial charge on any atom is -0.444 e. The van der Waals surface area contributed by atoms with E-state index >= 15 is 0 Å². The van der Waals surface area contributed by atoms with Crippen LogP contribution >= 0.6 is 0 Å².